The zero-order chi connectivity index (χ0) is 25.3. The van der Waals surface area contributed by atoms with Crippen LogP contribution in [0.15, 0.2) is 47.3 Å². The molecule has 4 aromatic rings. The highest BCUT2D eigenvalue weighted by Crippen LogP contribution is 2.36. The average Bonchev–Trinajstić information content (AvgIpc) is 3.21. The fourth-order valence-electron chi connectivity index (χ4n) is 3.42. The summed E-state index contributed by atoms with van der Waals surface area (Å²) in [4.78, 5) is 27.1. The van der Waals surface area contributed by atoms with Crippen LogP contribution >= 0.6 is 11.5 Å². The number of benzene rings is 2. The number of carboxylic acids is 1. The molecule has 0 radical (unpaired) electrons. The topological polar surface area (TPSA) is 104 Å². The lowest BCUT2D eigenvalue weighted by Gasteiger charge is -2.14. The summed E-state index contributed by atoms with van der Waals surface area (Å²) < 4.78 is 56.4. The van der Waals surface area contributed by atoms with Gasteiger partial charge in [-0.05, 0) is 61.3 Å². The first kappa shape index (κ1) is 24.2. The molecule has 0 saturated heterocycles. The second-order valence-electron chi connectivity index (χ2n) is 7.40. The predicted molar refractivity (Wildman–Crippen MR) is 122 cm³/mol. The van der Waals surface area contributed by atoms with Crippen LogP contribution in [0, 0.1) is 6.92 Å². The van der Waals surface area contributed by atoms with Gasteiger partial charge in [0.2, 0.25) is 0 Å². The monoisotopic (exact) mass is 505 g/mol. The van der Waals surface area contributed by atoms with Crippen LogP contribution in [-0.2, 0) is 11.0 Å². The number of alkyl halides is 3. The summed E-state index contributed by atoms with van der Waals surface area (Å²) in [6.07, 6.45) is -4.80. The van der Waals surface area contributed by atoms with Gasteiger partial charge in [-0.2, -0.15) is 22.5 Å². The Kier molecular flexibility index (Phi) is 6.48. The molecule has 0 aliphatic heterocycles. The van der Waals surface area contributed by atoms with Gasteiger partial charge in [-0.1, -0.05) is 6.07 Å². The first-order valence-electron chi connectivity index (χ1n) is 10.3. The van der Waals surface area contributed by atoms with Crippen molar-refractivity contribution >= 4 is 27.6 Å². The quantitative estimate of drug-likeness (QED) is 0.388. The van der Waals surface area contributed by atoms with Gasteiger partial charge in [-0.15, -0.1) is 0 Å². The highest BCUT2D eigenvalue weighted by molar-refractivity contribution is 7.13. The Hall–Kier alpha value is -3.93. The number of ether oxygens (including phenoxy) is 2. The molecule has 35 heavy (non-hydrogen) atoms. The summed E-state index contributed by atoms with van der Waals surface area (Å²) in [5.41, 5.74) is 0.0449. The van der Waals surface area contributed by atoms with E-state index >= 15 is 0 Å². The number of fused-ring (bicyclic) bond motifs is 1. The number of nitrogens with zero attached hydrogens (tertiary/aromatic N) is 3. The molecule has 12 heteroatoms. The van der Waals surface area contributed by atoms with E-state index in [1.54, 1.807) is 43.3 Å². The van der Waals surface area contributed by atoms with E-state index in [9.17, 15) is 22.8 Å². The van der Waals surface area contributed by atoms with Gasteiger partial charge in [-0.25, -0.2) is 9.36 Å². The van der Waals surface area contributed by atoms with Crippen molar-refractivity contribution in [1.82, 2.24) is 13.9 Å². The molecule has 2 aromatic heterocycles. The number of aliphatic carboxylic acids is 1. The molecule has 1 N–H and O–H groups in total. The van der Waals surface area contributed by atoms with E-state index in [4.69, 9.17) is 14.6 Å². The first-order chi connectivity index (χ1) is 16.6. The third-order valence-corrected chi connectivity index (χ3v) is 5.82. The smallest absolute Gasteiger partial charge is 0.433 e. The normalized spacial score (nSPS) is 11.6. The van der Waals surface area contributed by atoms with Crippen LogP contribution in [-0.4, -0.2) is 38.2 Å². The van der Waals surface area contributed by atoms with Crippen LogP contribution < -0.4 is 15.0 Å². The molecule has 0 aliphatic rings. The molecule has 0 unspecified atom stereocenters. The second kappa shape index (κ2) is 9.37. The van der Waals surface area contributed by atoms with Gasteiger partial charge in [0.1, 0.15) is 5.75 Å². The fraction of sp³-hybridized carbons (Fsp3) is 0.217. The van der Waals surface area contributed by atoms with E-state index in [2.05, 4.69) is 9.36 Å². The maximum absolute atomic E-state index is 13.2. The van der Waals surface area contributed by atoms with Gasteiger partial charge in [0, 0.05) is 17.0 Å². The van der Waals surface area contributed by atoms with Crippen molar-refractivity contribution < 1.29 is 32.5 Å². The summed E-state index contributed by atoms with van der Waals surface area (Å²) in [6, 6.07) is 9.91. The number of aromatic nitrogens is 3. The number of carbonyl (C=O) groups is 1. The lowest BCUT2D eigenvalue weighted by molar-refractivity contribution is -0.142. The van der Waals surface area contributed by atoms with Gasteiger partial charge in [-0.3, -0.25) is 4.79 Å². The van der Waals surface area contributed by atoms with E-state index < -0.39 is 36.0 Å². The molecule has 0 aliphatic carbocycles. The Morgan fingerprint density at radius 3 is 2.60 bits per heavy atom. The molecule has 2 aromatic carbocycles. The van der Waals surface area contributed by atoms with Gasteiger partial charge >= 0.3 is 18.2 Å². The molecule has 0 atom stereocenters. The maximum atomic E-state index is 13.2. The van der Waals surface area contributed by atoms with Crippen LogP contribution in [0.4, 0.5) is 13.2 Å². The van der Waals surface area contributed by atoms with Gasteiger partial charge < -0.3 is 14.6 Å². The molecule has 8 nitrogen and oxygen atoms in total. The molecule has 0 saturated carbocycles. The van der Waals surface area contributed by atoms with E-state index in [0.717, 1.165) is 14.8 Å². The minimum absolute atomic E-state index is 0.00355. The van der Waals surface area contributed by atoms with E-state index in [-0.39, 0.29) is 12.3 Å². The van der Waals surface area contributed by atoms with Crippen LogP contribution in [0.2, 0.25) is 0 Å². The Morgan fingerprint density at radius 1 is 1.14 bits per heavy atom. The predicted octanol–water partition coefficient (Wildman–Crippen LogP) is 4.70. The van der Waals surface area contributed by atoms with Crippen molar-refractivity contribution in [3.63, 3.8) is 0 Å². The number of rotatable bonds is 7. The number of aryl methyl sites for hydroxylation is 1. The first-order valence-corrected chi connectivity index (χ1v) is 11.1. The molecule has 182 valence electrons. The van der Waals surface area contributed by atoms with Crippen molar-refractivity contribution in [3.8, 4) is 28.7 Å². The molecule has 0 amide bonds. The standard InChI is InChI=1S/C23H18F3N3O5S/c1-3-33-22-27-18(23(24,25)26)10-19(30)29(22)13-5-7-17-16(8-13)21(28-35-17)15-9-14(6-4-12(15)2)34-11-20(31)32/h4-10H,3,11H2,1-2H3,(H,31,32). The van der Waals surface area contributed by atoms with Crippen molar-refractivity contribution in [3.05, 3.63) is 64.1 Å². The molecular formula is C23H18F3N3O5S. The van der Waals surface area contributed by atoms with Crippen LogP contribution in [0.1, 0.15) is 18.2 Å². The van der Waals surface area contributed by atoms with Crippen LogP contribution in [0.5, 0.6) is 11.8 Å². The third-order valence-electron chi connectivity index (χ3n) is 4.99. The molecule has 4 rings (SSSR count). The summed E-state index contributed by atoms with van der Waals surface area (Å²) in [7, 11) is 0. The van der Waals surface area contributed by atoms with E-state index in [1.165, 1.54) is 11.5 Å². The maximum Gasteiger partial charge on any atom is 0.433 e. The second-order valence-corrected chi connectivity index (χ2v) is 8.20. The fourth-order valence-corrected chi connectivity index (χ4v) is 4.19. The van der Waals surface area contributed by atoms with Crippen molar-refractivity contribution in [2.75, 3.05) is 13.2 Å². The molecule has 0 fully saturated rings. The SMILES string of the molecule is CCOc1nc(C(F)(F)F)cc(=O)n1-c1ccc2snc(-c3cc(OCC(=O)O)ccc3C)c2c1. The molecule has 0 spiro atoms. The molecular weight excluding hydrogens is 487 g/mol. The summed E-state index contributed by atoms with van der Waals surface area (Å²) in [6.45, 7) is 2.92. The lowest BCUT2D eigenvalue weighted by atomic mass is 10.0. The van der Waals surface area contributed by atoms with Gasteiger partial charge in [0.25, 0.3) is 5.56 Å². The number of carboxylic acid groups (broad SMARTS) is 1. The number of halogens is 3. The van der Waals surface area contributed by atoms with Crippen molar-refractivity contribution in [2.45, 2.75) is 20.0 Å². The summed E-state index contributed by atoms with van der Waals surface area (Å²) >= 11 is 1.20. The molecule has 2 heterocycles. The van der Waals surface area contributed by atoms with Crippen LogP contribution in [0.3, 0.4) is 0 Å². The summed E-state index contributed by atoms with van der Waals surface area (Å²) in [5, 5.41) is 9.51. The third kappa shape index (κ3) is 4.97. The Bertz CT molecular complexity index is 1480. The average molecular weight is 505 g/mol. The zero-order valence-corrected chi connectivity index (χ0v) is 19.2. The lowest BCUT2D eigenvalue weighted by Crippen LogP contribution is -2.25. The number of hydrogen-bond donors (Lipinski definition) is 1. The Labute approximate surface area is 200 Å². The highest BCUT2D eigenvalue weighted by Gasteiger charge is 2.34. The Morgan fingerprint density at radius 2 is 1.91 bits per heavy atom. The van der Waals surface area contributed by atoms with Crippen LogP contribution in [0.25, 0.3) is 27.0 Å². The number of hydrogen-bond acceptors (Lipinski definition) is 7. The van der Waals surface area contributed by atoms with E-state index in [0.29, 0.717) is 28.5 Å². The Balaban J connectivity index is 1.86. The zero-order valence-electron chi connectivity index (χ0n) is 18.4. The van der Waals surface area contributed by atoms with Crippen molar-refractivity contribution in [2.24, 2.45) is 0 Å². The van der Waals surface area contributed by atoms with E-state index in [1.807, 2.05) is 6.92 Å². The van der Waals surface area contributed by atoms with Gasteiger partial charge in [0.15, 0.2) is 12.3 Å². The highest BCUT2D eigenvalue weighted by atomic mass is 32.1. The minimum Gasteiger partial charge on any atom is -0.482 e. The largest absolute Gasteiger partial charge is 0.482 e. The molecule has 0 bridgehead atoms. The van der Waals surface area contributed by atoms with Crippen molar-refractivity contribution in [1.29, 1.82) is 0 Å². The summed E-state index contributed by atoms with van der Waals surface area (Å²) in [5.74, 6) is -0.774. The van der Waals surface area contributed by atoms with Gasteiger partial charge in [0.05, 0.1) is 22.7 Å². The minimum atomic E-state index is -4.80.